The predicted octanol–water partition coefficient (Wildman–Crippen LogP) is 3.57. The van der Waals surface area contributed by atoms with Gasteiger partial charge in [0.05, 0.1) is 6.42 Å². The lowest BCUT2D eigenvalue weighted by molar-refractivity contribution is -0.136. The second-order valence-corrected chi connectivity index (χ2v) is 4.39. The average Bonchev–Trinajstić information content (AvgIpc) is 2.29. The molecule has 0 aliphatic heterocycles. The first-order valence-corrected chi connectivity index (χ1v) is 5.73. The smallest absolute Gasteiger partial charge is 0.307 e. The van der Waals surface area contributed by atoms with E-state index in [-0.39, 0.29) is 6.42 Å². The molecule has 2 aromatic carbocycles. The molecule has 0 saturated carbocycles. The van der Waals surface area contributed by atoms with Crippen molar-refractivity contribution >= 4 is 5.97 Å². The quantitative estimate of drug-likeness (QED) is 0.918. The minimum Gasteiger partial charge on any atom is -0.481 e. The second-order valence-electron chi connectivity index (χ2n) is 4.39. The van der Waals surface area contributed by atoms with Crippen molar-refractivity contribution in [1.82, 2.24) is 0 Å². The number of carbonyl (C=O) groups is 1. The highest BCUT2D eigenvalue weighted by Gasteiger charge is 2.11. The van der Waals surface area contributed by atoms with Crippen molar-refractivity contribution in [2.45, 2.75) is 13.3 Å². The summed E-state index contributed by atoms with van der Waals surface area (Å²) in [5.41, 5.74) is 2.31. The number of aliphatic carboxylic acids is 1. The summed E-state index contributed by atoms with van der Waals surface area (Å²) in [6.45, 7) is 1.84. The number of carboxylic acid groups (broad SMARTS) is 1. The molecule has 1 N–H and O–H groups in total. The number of halogens is 2. The van der Waals surface area contributed by atoms with E-state index >= 15 is 0 Å². The Morgan fingerprint density at radius 2 is 1.74 bits per heavy atom. The molecule has 0 aliphatic carbocycles. The largest absolute Gasteiger partial charge is 0.481 e. The number of aryl methyl sites for hydroxylation is 1. The Morgan fingerprint density at radius 1 is 1.11 bits per heavy atom. The zero-order valence-corrected chi connectivity index (χ0v) is 10.3. The number of benzene rings is 2. The first kappa shape index (κ1) is 13.2. The molecule has 19 heavy (non-hydrogen) atoms. The summed E-state index contributed by atoms with van der Waals surface area (Å²) in [6, 6.07) is 8.36. The van der Waals surface area contributed by atoms with Gasteiger partial charge in [0, 0.05) is 6.07 Å². The van der Waals surface area contributed by atoms with Crippen LogP contribution in [-0.2, 0) is 11.2 Å². The van der Waals surface area contributed by atoms with Crippen molar-refractivity contribution in [2.24, 2.45) is 0 Å². The molecule has 0 spiro atoms. The molecule has 98 valence electrons. The van der Waals surface area contributed by atoms with Crippen LogP contribution in [0.25, 0.3) is 11.1 Å². The highest BCUT2D eigenvalue weighted by atomic mass is 19.1. The van der Waals surface area contributed by atoms with Crippen LogP contribution < -0.4 is 0 Å². The monoisotopic (exact) mass is 262 g/mol. The Morgan fingerprint density at radius 3 is 2.32 bits per heavy atom. The summed E-state index contributed by atoms with van der Waals surface area (Å²) in [5, 5.41) is 8.87. The van der Waals surface area contributed by atoms with Gasteiger partial charge in [0.25, 0.3) is 0 Å². The Bertz CT molecular complexity index is 616. The van der Waals surface area contributed by atoms with Gasteiger partial charge >= 0.3 is 5.97 Å². The molecule has 2 rings (SSSR count). The molecule has 0 amide bonds. The average molecular weight is 262 g/mol. The Hall–Kier alpha value is -2.23. The summed E-state index contributed by atoms with van der Waals surface area (Å²) >= 11 is 0. The third kappa shape index (κ3) is 3.16. The Labute approximate surface area is 109 Å². The zero-order chi connectivity index (χ0) is 14.0. The van der Waals surface area contributed by atoms with Crippen LogP contribution in [0.3, 0.4) is 0 Å². The highest BCUT2D eigenvalue weighted by molar-refractivity contribution is 5.77. The van der Waals surface area contributed by atoms with E-state index in [0.717, 1.165) is 11.6 Å². The molecule has 0 bridgehead atoms. The van der Waals surface area contributed by atoms with E-state index in [9.17, 15) is 13.6 Å². The van der Waals surface area contributed by atoms with Crippen molar-refractivity contribution in [3.05, 3.63) is 59.2 Å². The van der Waals surface area contributed by atoms with Gasteiger partial charge in [0.15, 0.2) is 0 Å². The fourth-order valence-corrected chi connectivity index (χ4v) is 1.99. The first-order valence-electron chi connectivity index (χ1n) is 5.73. The molecular formula is C15H12F2O2. The van der Waals surface area contributed by atoms with E-state index in [1.807, 2.05) is 6.92 Å². The van der Waals surface area contributed by atoms with Gasteiger partial charge in [-0.3, -0.25) is 4.79 Å². The van der Waals surface area contributed by atoms with Gasteiger partial charge in [0.2, 0.25) is 0 Å². The van der Waals surface area contributed by atoms with Gasteiger partial charge in [-0.2, -0.15) is 0 Å². The normalized spacial score (nSPS) is 10.5. The third-order valence-electron chi connectivity index (χ3n) is 2.78. The van der Waals surface area contributed by atoms with Crippen LogP contribution in [0.4, 0.5) is 8.78 Å². The van der Waals surface area contributed by atoms with Crippen LogP contribution in [0.2, 0.25) is 0 Å². The lowest BCUT2D eigenvalue weighted by atomic mass is 9.95. The van der Waals surface area contributed by atoms with Gasteiger partial charge in [0.1, 0.15) is 11.6 Å². The van der Waals surface area contributed by atoms with Gasteiger partial charge in [-0.05, 0) is 35.7 Å². The minimum absolute atomic E-state index is 0.187. The fourth-order valence-electron chi connectivity index (χ4n) is 1.99. The van der Waals surface area contributed by atoms with Crippen molar-refractivity contribution in [3.63, 3.8) is 0 Å². The predicted molar refractivity (Wildman–Crippen MR) is 67.9 cm³/mol. The van der Waals surface area contributed by atoms with Crippen molar-refractivity contribution in [2.75, 3.05) is 0 Å². The van der Waals surface area contributed by atoms with E-state index in [1.54, 1.807) is 18.2 Å². The van der Waals surface area contributed by atoms with Crippen LogP contribution in [0.15, 0.2) is 36.4 Å². The van der Waals surface area contributed by atoms with Crippen molar-refractivity contribution in [3.8, 4) is 11.1 Å². The maximum absolute atomic E-state index is 13.3. The van der Waals surface area contributed by atoms with Crippen LogP contribution >= 0.6 is 0 Å². The number of hydrogen-bond donors (Lipinski definition) is 1. The molecule has 2 nitrogen and oxygen atoms in total. The van der Waals surface area contributed by atoms with E-state index < -0.39 is 17.6 Å². The lowest BCUT2D eigenvalue weighted by Gasteiger charge is -2.10. The SMILES string of the molecule is Cc1ccc(CC(=O)O)c(-c2cc(F)cc(F)c2)c1. The molecule has 4 heteroatoms. The van der Waals surface area contributed by atoms with Crippen LogP contribution in [0.1, 0.15) is 11.1 Å². The molecule has 0 aliphatic rings. The topological polar surface area (TPSA) is 37.3 Å². The van der Waals surface area contributed by atoms with Crippen LogP contribution in [0, 0.1) is 18.6 Å². The Balaban J connectivity index is 2.58. The summed E-state index contributed by atoms with van der Waals surface area (Å²) in [4.78, 5) is 10.8. The van der Waals surface area contributed by atoms with Gasteiger partial charge in [-0.1, -0.05) is 23.8 Å². The highest BCUT2D eigenvalue weighted by Crippen LogP contribution is 2.27. The standard InChI is InChI=1S/C15H12F2O2/c1-9-2-3-10(7-15(18)19)14(4-9)11-5-12(16)8-13(17)6-11/h2-6,8H,7H2,1H3,(H,18,19). The van der Waals surface area contributed by atoms with Crippen LogP contribution in [0.5, 0.6) is 0 Å². The number of rotatable bonds is 3. The molecule has 0 aromatic heterocycles. The van der Waals surface area contributed by atoms with E-state index in [0.29, 0.717) is 16.7 Å². The molecule has 0 saturated heterocycles. The second kappa shape index (κ2) is 5.18. The maximum Gasteiger partial charge on any atom is 0.307 e. The molecule has 0 fully saturated rings. The molecule has 0 unspecified atom stereocenters. The van der Waals surface area contributed by atoms with Crippen LogP contribution in [-0.4, -0.2) is 11.1 Å². The summed E-state index contributed by atoms with van der Waals surface area (Å²) in [6.07, 6.45) is -0.187. The molecule has 0 atom stereocenters. The lowest BCUT2D eigenvalue weighted by Crippen LogP contribution is -2.02. The zero-order valence-electron chi connectivity index (χ0n) is 10.3. The summed E-state index contributed by atoms with van der Waals surface area (Å²) < 4.78 is 26.5. The summed E-state index contributed by atoms with van der Waals surface area (Å²) in [5.74, 6) is -2.35. The van der Waals surface area contributed by atoms with Gasteiger partial charge < -0.3 is 5.11 Å². The summed E-state index contributed by atoms with van der Waals surface area (Å²) in [7, 11) is 0. The van der Waals surface area contributed by atoms with Gasteiger partial charge in [-0.25, -0.2) is 8.78 Å². The Kier molecular flexibility index (Phi) is 3.60. The fraction of sp³-hybridized carbons (Fsp3) is 0.133. The maximum atomic E-state index is 13.3. The molecule has 0 radical (unpaired) electrons. The molecule has 2 aromatic rings. The number of carboxylic acids is 1. The first-order chi connectivity index (χ1) is 8.95. The molecular weight excluding hydrogens is 250 g/mol. The van der Waals surface area contributed by atoms with E-state index in [1.165, 1.54) is 12.1 Å². The third-order valence-corrected chi connectivity index (χ3v) is 2.78. The molecule has 0 heterocycles. The van der Waals surface area contributed by atoms with E-state index in [4.69, 9.17) is 5.11 Å². The minimum atomic E-state index is -0.984. The van der Waals surface area contributed by atoms with E-state index in [2.05, 4.69) is 0 Å². The van der Waals surface area contributed by atoms with Crippen molar-refractivity contribution < 1.29 is 18.7 Å². The number of hydrogen-bond acceptors (Lipinski definition) is 1. The van der Waals surface area contributed by atoms with Gasteiger partial charge in [-0.15, -0.1) is 0 Å². The van der Waals surface area contributed by atoms with Crippen molar-refractivity contribution in [1.29, 1.82) is 0 Å².